The molecule has 6 nitrogen and oxygen atoms in total. The topological polar surface area (TPSA) is 55.7 Å². The van der Waals surface area contributed by atoms with E-state index in [1.165, 1.54) is 18.5 Å². The van der Waals surface area contributed by atoms with Crippen molar-refractivity contribution >= 4 is 5.91 Å². The molecular weight excluding hydrogens is 330 g/mol. The van der Waals surface area contributed by atoms with Crippen LogP contribution < -0.4 is 14.8 Å². The van der Waals surface area contributed by atoms with Crippen LogP contribution >= 0.6 is 0 Å². The first-order valence-electron chi connectivity index (χ1n) is 9.00. The Balaban J connectivity index is 1.79. The van der Waals surface area contributed by atoms with Crippen LogP contribution in [0.15, 0.2) is 36.5 Å². The maximum absolute atomic E-state index is 12.9. The molecule has 1 aromatic carbocycles. The standard InChI is InChI=1S/C20H27N3O3/c1-22-11-7-8-15(22)16(23-12-4-5-13-23)14-21-20(24)19-17(25-2)9-6-10-18(19)26-3/h6-11,16H,4-5,12-14H2,1-3H3,(H,21,24)/t16-/m0/s1. The summed E-state index contributed by atoms with van der Waals surface area (Å²) in [6.45, 7) is 2.66. The molecule has 1 aliphatic rings. The summed E-state index contributed by atoms with van der Waals surface area (Å²) in [6.07, 6.45) is 4.45. The van der Waals surface area contributed by atoms with Crippen LogP contribution in [0.25, 0.3) is 0 Å². The lowest BCUT2D eigenvalue weighted by Crippen LogP contribution is -2.37. The van der Waals surface area contributed by atoms with Crippen molar-refractivity contribution in [2.75, 3.05) is 33.9 Å². The highest BCUT2D eigenvalue weighted by molar-refractivity contribution is 5.99. The summed E-state index contributed by atoms with van der Waals surface area (Å²) in [6, 6.07) is 9.68. The second kappa shape index (κ2) is 8.27. The van der Waals surface area contributed by atoms with Crippen molar-refractivity contribution in [1.82, 2.24) is 14.8 Å². The van der Waals surface area contributed by atoms with Crippen LogP contribution in [-0.2, 0) is 7.05 Å². The van der Waals surface area contributed by atoms with Crippen LogP contribution in [0, 0.1) is 0 Å². The Bertz CT molecular complexity index is 728. The molecule has 0 spiro atoms. The molecule has 1 atom stereocenters. The molecule has 1 amide bonds. The summed E-state index contributed by atoms with van der Waals surface area (Å²) in [5.41, 5.74) is 1.64. The van der Waals surface area contributed by atoms with Crippen LogP contribution in [0.3, 0.4) is 0 Å². The number of amides is 1. The summed E-state index contributed by atoms with van der Waals surface area (Å²) in [5.74, 6) is 0.842. The van der Waals surface area contributed by atoms with Gasteiger partial charge in [-0.3, -0.25) is 9.69 Å². The fourth-order valence-electron chi connectivity index (χ4n) is 3.65. The van der Waals surface area contributed by atoms with Crippen molar-refractivity contribution < 1.29 is 14.3 Å². The number of likely N-dealkylation sites (tertiary alicyclic amines) is 1. The minimum absolute atomic E-state index is 0.155. The number of hydrogen-bond acceptors (Lipinski definition) is 4. The first kappa shape index (κ1) is 18.3. The van der Waals surface area contributed by atoms with E-state index in [1.807, 2.05) is 25.4 Å². The van der Waals surface area contributed by atoms with Gasteiger partial charge < -0.3 is 19.4 Å². The van der Waals surface area contributed by atoms with Gasteiger partial charge in [0.2, 0.25) is 0 Å². The molecule has 0 saturated carbocycles. The van der Waals surface area contributed by atoms with Gasteiger partial charge in [-0.05, 0) is 50.2 Å². The number of rotatable bonds is 7. The zero-order valence-electron chi connectivity index (χ0n) is 15.7. The second-order valence-corrected chi connectivity index (χ2v) is 6.55. The summed E-state index contributed by atoms with van der Waals surface area (Å²) < 4.78 is 12.8. The minimum atomic E-state index is -0.183. The third kappa shape index (κ3) is 3.70. The Morgan fingerprint density at radius 2 is 1.77 bits per heavy atom. The summed E-state index contributed by atoms with van der Waals surface area (Å²) in [4.78, 5) is 15.3. The van der Waals surface area contributed by atoms with Crippen molar-refractivity contribution in [3.05, 3.63) is 47.8 Å². The maximum Gasteiger partial charge on any atom is 0.258 e. The predicted molar refractivity (Wildman–Crippen MR) is 101 cm³/mol. The van der Waals surface area contributed by atoms with Crippen molar-refractivity contribution in [2.45, 2.75) is 18.9 Å². The second-order valence-electron chi connectivity index (χ2n) is 6.55. The number of ether oxygens (including phenoxy) is 2. The highest BCUT2D eigenvalue weighted by Crippen LogP contribution is 2.29. The van der Waals surface area contributed by atoms with Gasteiger partial charge >= 0.3 is 0 Å². The van der Waals surface area contributed by atoms with E-state index in [2.05, 4.69) is 20.9 Å². The highest BCUT2D eigenvalue weighted by Gasteiger charge is 2.27. The van der Waals surface area contributed by atoms with Crippen LogP contribution in [0.4, 0.5) is 0 Å². The molecule has 1 N–H and O–H groups in total. The Kier molecular flexibility index (Phi) is 5.83. The van der Waals surface area contributed by atoms with Crippen molar-refractivity contribution in [3.63, 3.8) is 0 Å². The number of aromatic nitrogens is 1. The van der Waals surface area contributed by atoms with Gasteiger partial charge in [0, 0.05) is 25.5 Å². The largest absolute Gasteiger partial charge is 0.496 e. The number of nitrogens with zero attached hydrogens (tertiary/aromatic N) is 2. The Morgan fingerprint density at radius 3 is 2.31 bits per heavy atom. The first-order chi connectivity index (χ1) is 12.7. The summed E-state index contributed by atoms with van der Waals surface area (Å²) >= 11 is 0. The third-order valence-electron chi connectivity index (χ3n) is 5.02. The number of aryl methyl sites for hydroxylation is 1. The smallest absolute Gasteiger partial charge is 0.258 e. The van der Waals surface area contributed by atoms with Gasteiger partial charge in [0.1, 0.15) is 17.1 Å². The molecule has 140 valence electrons. The highest BCUT2D eigenvalue weighted by atomic mass is 16.5. The lowest BCUT2D eigenvalue weighted by Gasteiger charge is -2.28. The fourth-order valence-corrected chi connectivity index (χ4v) is 3.65. The molecular formula is C20H27N3O3. The SMILES string of the molecule is COc1cccc(OC)c1C(=O)NC[C@@H](c1cccn1C)N1CCCC1. The molecule has 2 heterocycles. The van der Waals surface area contributed by atoms with Crippen LogP contribution in [-0.4, -0.2) is 49.2 Å². The monoisotopic (exact) mass is 357 g/mol. The molecule has 0 aliphatic carbocycles. The van der Waals surface area contributed by atoms with Crippen LogP contribution in [0.1, 0.15) is 34.9 Å². The Labute approximate surface area is 154 Å². The number of methoxy groups -OCH3 is 2. The molecule has 1 saturated heterocycles. The molecule has 0 unspecified atom stereocenters. The average Bonchev–Trinajstić information content (AvgIpc) is 3.33. The lowest BCUT2D eigenvalue weighted by molar-refractivity contribution is 0.0930. The number of carbonyl (C=O) groups excluding carboxylic acids is 1. The molecule has 1 fully saturated rings. The van der Waals surface area contributed by atoms with E-state index >= 15 is 0 Å². The average molecular weight is 357 g/mol. The van der Waals surface area contributed by atoms with E-state index < -0.39 is 0 Å². The van der Waals surface area contributed by atoms with Gasteiger partial charge in [0.25, 0.3) is 5.91 Å². The number of benzene rings is 1. The van der Waals surface area contributed by atoms with E-state index in [0.717, 1.165) is 13.1 Å². The minimum Gasteiger partial charge on any atom is -0.496 e. The van der Waals surface area contributed by atoms with E-state index in [1.54, 1.807) is 26.4 Å². The Morgan fingerprint density at radius 1 is 1.12 bits per heavy atom. The molecule has 6 heteroatoms. The van der Waals surface area contributed by atoms with Gasteiger partial charge in [0.15, 0.2) is 0 Å². The molecule has 0 bridgehead atoms. The van der Waals surface area contributed by atoms with E-state index in [4.69, 9.17) is 9.47 Å². The van der Waals surface area contributed by atoms with E-state index in [9.17, 15) is 4.79 Å². The predicted octanol–water partition coefficient (Wildman–Crippen LogP) is 2.61. The van der Waals surface area contributed by atoms with Gasteiger partial charge in [0.05, 0.1) is 20.3 Å². The van der Waals surface area contributed by atoms with Crippen molar-refractivity contribution in [2.24, 2.45) is 7.05 Å². The first-order valence-corrected chi connectivity index (χ1v) is 9.00. The third-order valence-corrected chi connectivity index (χ3v) is 5.02. The van der Waals surface area contributed by atoms with Gasteiger partial charge in [-0.25, -0.2) is 0 Å². The molecule has 1 aromatic heterocycles. The van der Waals surface area contributed by atoms with Gasteiger partial charge in [-0.15, -0.1) is 0 Å². The number of hydrogen-bond donors (Lipinski definition) is 1. The lowest BCUT2D eigenvalue weighted by atomic mass is 10.1. The van der Waals surface area contributed by atoms with E-state index in [-0.39, 0.29) is 11.9 Å². The summed E-state index contributed by atoms with van der Waals surface area (Å²) in [5, 5.41) is 3.09. The molecule has 2 aromatic rings. The van der Waals surface area contributed by atoms with E-state index in [0.29, 0.717) is 23.6 Å². The van der Waals surface area contributed by atoms with Gasteiger partial charge in [-0.1, -0.05) is 6.07 Å². The Hall–Kier alpha value is -2.47. The molecule has 26 heavy (non-hydrogen) atoms. The van der Waals surface area contributed by atoms with Crippen LogP contribution in [0.5, 0.6) is 11.5 Å². The molecule has 0 radical (unpaired) electrons. The quantitative estimate of drug-likeness (QED) is 0.828. The molecule has 3 rings (SSSR count). The van der Waals surface area contributed by atoms with Gasteiger partial charge in [-0.2, -0.15) is 0 Å². The molecule has 1 aliphatic heterocycles. The summed E-state index contributed by atoms with van der Waals surface area (Å²) in [7, 11) is 5.16. The van der Waals surface area contributed by atoms with Crippen molar-refractivity contribution in [1.29, 1.82) is 0 Å². The zero-order valence-corrected chi connectivity index (χ0v) is 15.7. The fraction of sp³-hybridized carbons (Fsp3) is 0.450. The normalized spacial score (nSPS) is 15.7. The maximum atomic E-state index is 12.9. The number of nitrogens with one attached hydrogen (secondary N) is 1. The van der Waals surface area contributed by atoms with Crippen LogP contribution in [0.2, 0.25) is 0 Å². The number of carbonyl (C=O) groups is 1. The van der Waals surface area contributed by atoms with Crippen molar-refractivity contribution in [3.8, 4) is 11.5 Å². The zero-order chi connectivity index (χ0) is 18.5.